The summed E-state index contributed by atoms with van der Waals surface area (Å²) in [5.74, 6) is -2.76. The Morgan fingerprint density at radius 3 is 2.75 bits per heavy atom. The van der Waals surface area contributed by atoms with Gasteiger partial charge in [0.2, 0.25) is 0 Å². The molecule has 9 heteroatoms. The van der Waals surface area contributed by atoms with E-state index in [1.165, 1.54) is 16.5 Å². The molecule has 0 saturated carbocycles. The number of rotatable bonds is 3. The molecule has 1 atom stereocenters. The van der Waals surface area contributed by atoms with Crippen LogP contribution in [-0.4, -0.2) is 65.6 Å². The van der Waals surface area contributed by atoms with E-state index in [1.807, 2.05) is 13.3 Å². The van der Waals surface area contributed by atoms with Crippen molar-refractivity contribution in [1.82, 2.24) is 9.88 Å². The molecule has 2 saturated heterocycles. The third kappa shape index (κ3) is 4.65. The SMILES string of the molecule is COC1CCOC2(C1)CN(Cc1cccc3[nH]ccc13)C2.O=C(O)C(F)(F)F. The second kappa shape index (κ2) is 8.10. The summed E-state index contributed by atoms with van der Waals surface area (Å²) >= 11 is 0. The number of aliphatic carboxylic acids is 1. The number of alkyl halides is 3. The van der Waals surface area contributed by atoms with E-state index in [0.29, 0.717) is 6.10 Å². The number of carboxylic acids is 1. The van der Waals surface area contributed by atoms with E-state index in [0.717, 1.165) is 39.1 Å². The third-order valence-electron chi connectivity index (χ3n) is 5.13. The van der Waals surface area contributed by atoms with Crippen LogP contribution in [0.4, 0.5) is 13.2 Å². The summed E-state index contributed by atoms with van der Waals surface area (Å²) in [5.41, 5.74) is 2.66. The Morgan fingerprint density at radius 2 is 2.11 bits per heavy atom. The Labute approximate surface area is 160 Å². The number of hydrogen-bond donors (Lipinski definition) is 2. The fourth-order valence-corrected chi connectivity index (χ4v) is 3.81. The highest BCUT2D eigenvalue weighted by Gasteiger charge is 2.47. The molecule has 1 spiro atoms. The molecule has 1 unspecified atom stereocenters. The fourth-order valence-electron chi connectivity index (χ4n) is 3.81. The van der Waals surface area contributed by atoms with Crippen molar-refractivity contribution in [2.45, 2.75) is 37.3 Å². The van der Waals surface area contributed by atoms with Gasteiger partial charge < -0.3 is 19.6 Å². The minimum Gasteiger partial charge on any atom is -0.475 e. The highest BCUT2D eigenvalue weighted by Crippen LogP contribution is 2.36. The largest absolute Gasteiger partial charge is 0.490 e. The van der Waals surface area contributed by atoms with Gasteiger partial charge in [-0.25, -0.2) is 4.79 Å². The summed E-state index contributed by atoms with van der Waals surface area (Å²) in [4.78, 5) is 14.6. The average Bonchev–Trinajstić information content (AvgIpc) is 3.10. The molecule has 0 aliphatic carbocycles. The van der Waals surface area contributed by atoms with Crippen LogP contribution in [0.25, 0.3) is 10.9 Å². The van der Waals surface area contributed by atoms with E-state index < -0.39 is 12.1 Å². The highest BCUT2D eigenvalue weighted by atomic mass is 19.4. The van der Waals surface area contributed by atoms with E-state index in [4.69, 9.17) is 19.4 Å². The van der Waals surface area contributed by atoms with Gasteiger partial charge in [-0.3, -0.25) is 4.90 Å². The first-order chi connectivity index (χ1) is 13.2. The number of halogens is 3. The predicted molar refractivity (Wildman–Crippen MR) is 96.0 cm³/mol. The molecule has 0 amide bonds. The van der Waals surface area contributed by atoms with Gasteiger partial charge in [0.25, 0.3) is 0 Å². The molecule has 6 nitrogen and oxygen atoms in total. The Hall–Kier alpha value is -2.10. The van der Waals surface area contributed by atoms with Crippen molar-refractivity contribution in [2.75, 3.05) is 26.8 Å². The number of methoxy groups -OCH3 is 1. The highest BCUT2D eigenvalue weighted by molar-refractivity contribution is 5.82. The van der Waals surface area contributed by atoms with Crippen LogP contribution < -0.4 is 0 Å². The fraction of sp³-hybridized carbons (Fsp3) is 0.526. The molecule has 4 rings (SSSR count). The van der Waals surface area contributed by atoms with Crippen molar-refractivity contribution in [3.8, 4) is 0 Å². The molecular weight excluding hydrogens is 377 g/mol. The van der Waals surface area contributed by atoms with E-state index in [1.54, 1.807) is 0 Å². The van der Waals surface area contributed by atoms with Crippen molar-refractivity contribution >= 4 is 16.9 Å². The maximum absolute atomic E-state index is 10.6. The molecule has 0 radical (unpaired) electrons. The molecule has 154 valence electrons. The van der Waals surface area contributed by atoms with Crippen molar-refractivity contribution < 1.29 is 32.5 Å². The van der Waals surface area contributed by atoms with Gasteiger partial charge in [-0.15, -0.1) is 0 Å². The summed E-state index contributed by atoms with van der Waals surface area (Å²) in [6.45, 7) is 3.87. The molecular formula is C19H23F3N2O4. The number of nitrogens with one attached hydrogen (secondary N) is 1. The van der Waals surface area contributed by atoms with Crippen molar-refractivity contribution in [1.29, 1.82) is 0 Å². The first-order valence-corrected chi connectivity index (χ1v) is 8.97. The quantitative estimate of drug-likeness (QED) is 0.828. The van der Waals surface area contributed by atoms with Gasteiger partial charge in [-0.2, -0.15) is 13.2 Å². The van der Waals surface area contributed by atoms with Crippen LogP contribution in [0.15, 0.2) is 30.5 Å². The number of carbonyl (C=O) groups is 1. The van der Waals surface area contributed by atoms with Gasteiger partial charge in [0.05, 0.1) is 11.7 Å². The maximum atomic E-state index is 10.6. The lowest BCUT2D eigenvalue weighted by atomic mass is 9.84. The van der Waals surface area contributed by atoms with Crippen LogP contribution in [0.1, 0.15) is 18.4 Å². The number of likely N-dealkylation sites (tertiary alicyclic amines) is 1. The number of ether oxygens (including phenoxy) is 2. The molecule has 2 fully saturated rings. The van der Waals surface area contributed by atoms with Crippen LogP contribution in [0.3, 0.4) is 0 Å². The molecule has 2 aliphatic rings. The first-order valence-electron chi connectivity index (χ1n) is 8.97. The minimum absolute atomic E-state index is 0.0466. The molecule has 2 aliphatic heterocycles. The number of nitrogens with zero attached hydrogens (tertiary/aromatic N) is 1. The molecule has 1 aromatic heterocycles. The number of aromatic amines is 1. The zero-order chi connectivity index (χ0) is 20.4. The van der Waals surface area contributed by atoms with E-state index in [2.05, 4.69) is 34.1 Å². The lowest BCUT2D eigenvalue weighted by Crippen LogP contribution is -2.65. The second-order valence-corrected chi connectivity index (χ2v) is 7.19. The number of benzene rings is 1. The zero-order valence-corrected chi connectivity index (χ0v) is 15.5. The number of aromatic nitrogens is 1. The van der Waals surface area contributed by atoms with Gasteiger partial charge in [0, 0.05) is 56.9 Å². The topological polar surface area (TPSA) is 74.8 Å². The number of carboxylic acid groups (broad SMARTS) is 1. The zero-order valence-electron chi connectivity index (χ0n) is 15.5. The standard InChI is InChI=1S/C17H22N2O2.C2HF3O2/c1-20-14-6-8-21-17(9-14)11-19(12-17)10-13-3-2-4-16-15(13)5-7-18-16;3-2(4,5)1(6)7/h2-5,7,14,18H,6,8-12H2,1H3;(H,6,7). The maximum Gasteiger partial charge on any atom is 0.490 e. The Balaban J connectivity index is 0.000000279. The van der Waals surface area contributed by atoms with Gasteiger partial charge in [-0.05, 0) is 24.1 Å². The van der Waals surface area contributed by atoms with Crippen molar-refractivity contribution in [3.05, 3.63) is 36.0 Å². The van der Waals surface area contributed by atoms with Gasteiger partial charge in [0.1, 0.15) is 0 Å². The molecule has 3 heterocycles. The molecule has 1 aromatic carbocycles. The van der Waals surface area contributed by atoms with Gasteiger partial charge in [0.15, 0.2) is 0 Å². The van der Waals surface area contributed by atoms with E-state index >= 15 is 0 Å². The summed E-state index contributed by atoms with van der Waals surface area (Å²) < 4.78 is 43.3. The van der Waals surface area contributed by atoms with Gasteiger partial charge in [-0.1, -0.05) is 12.1 Å². The second-order valence-electron chi connectivity index (χ2n) is 7.19. The number of H-pyrrole nitrogens is 1. The summed E-state index contributed by atoms with van der Waals surface area (Å²) in [7, 11) is 1.81. The monoisotopic (exact) mass is 400 g/mol. The van der Waals surface area contributed by atoms with Crippen LogP contribution in [0.2, 0.25) is 0 Å². The van der Waals surface area contributed by atoms with E-state index in [-0.39, 0.29) is 5.60 Å². The minimum atomic E-state index is -5.08. The predicted octanol–water partition coefficient (Wildman–Crippen LogP) is 3.18. The molecule has 2 aromatic rings. The van der Waals surface area contributed by atoms with Crippen molar-refractivity contribution in [2.24, 2.45) is 0 Å². The number of fused-ring (bicyclic) bond motifs is 1. The molecule has 2 N–H and O–H groups in total. The van der Waals surface area contributed by atoms with E-state index in [9.17, 15) is 13.2 Å². The summed E-state index contributed by atoms with van der Waals surface area (Å²) in [6.07, 6.45) is -0.636. The Kier molecular flexibility index (Phi) is 5.97. The van der Waals surface area contributed by atoms with Crippen molar-refractivity contribution in [3.63, 3.8) is 0 Å². The van der Waals surface area contributed by atoms with Crippen LogP contribution in [-0.2, 0) is 20.8 Å². The van der Waals surface area contributed by atoms with Gasteiger partial charge >= 0.3 is 12.1 Å². The Morgan fingerprint density at radius 1 is 1.39 bits per heavy atom. The summed E-state index contributed by atoms with van der Waals surface area (Å²) in [6, 6.07) is 8.64. The lowest BCUT2D eigenvalue weighted by molar-refractivity contribution is -0.195. The average molecular weight is 400 g/mol. The normalized spacial score (nSPS) is 21.8. The van der Waals surface area contributed by atoms with Crippen LogP contribution >= 0.6 is 0 Å². The van der Waals surface area contributed by atoms with Crippen LogP contribution in [0, 0.1) is 0 Å². The lowest BCUT2D eigenvalue weighted by Gasteiger charge is -2.53. The first kappa shape index (κ1) is 20.6. The molecule has 0 bridgehead atoms. The molecule has 28 heavy (non-hydrogen) atoms. The third-order valence-corrected chi connectivity index (χ3v) is 5.13. The Bertz CT molecular complexity index is 815. The summed E-state index contributed by atoms with van der Waals surface area (Å²) in [5, 5.41) is 8.46. The number of hydrogen-bond acceptors (Lipinski definition) is 4. The van der Waals surface area contributed by atoms with Crippen LogP contribution in [0.5, 0.6) is 0 Å². The smallest absolute Gasteiger partial charge is 0.475 e.